The van der Waals surface area contributed by atoms with Gasteiger partial charge >= 0.3 is 6.09 Å². The average Bonchev–Trinajstić information content (AvgIpc) is 3.46. The first kappa shape index (κ1) is 32.8. The van der Waals surface area contributed by atoms with Gasteiger partial charge in [-0.2, -0.15) is 0 Å². The summed E-state index contributed by atoms with van der Waals surface area (Å²) < 4.78 is 17.2. The van der Waals surface area contributed by atoms with Crippen LogP contribution in [0.25, 0.3) is 0 Å². The second kappa shape index (κ2) is 15.6. The van der Waals surface area contributed by atoms with Gasteiger partial charge in [0.05, 0.1) is 38.0 Å². The van der Waals surface area contributed by atoms with E-state index in [0.29, 0.717) is 50.1 Å². The Kier molecular flexibility index (Phi) is 11.9. The van der Waals surface area contributed by atoms with Gasteiger partial charge in [0.2, 0.25) is 5.91 Å². The Balaban J connectivity index is 1.02. The number of amides is 2. The largest absolute Gasteiger partial charge is 0.453 e. The number of aliphatic hydroxyl groups is 1. The van der Waals surface area contributed by atoms with Crippen molar-refractivity contribution in [3.8, 4) is 0 Å². The Morgan fingerprint density at radius 1 is 1.02 bits per heavy atom. The zero-order chi connectivity index (χ0) is 30.3. The molecule has 246 valence electrons. The molecule has 4 saturated heterocycles. The van der Waals surface area contributed by atoms with Crippen molar-refractivity contribution in [2.24, 2.45) is 17.8 Å². The second-order valence-electron chi connectivity index (χ2n) is 13.0. The number of fused-ring (bicyclic) bond motifs is 1. The molecule has 13 nitrogen and oxygen atoms in total. The fourth-order valence-corrected chi connectivity index (χ4v) is 7.78. The monoisotopic (exact) mass is 609 g/mol. The van der Waals surface area contributed by atoms with Crippen molar-refractivity contribution >= 4 is 12.0 Å². The Morgan fingerprint density at radius 3 is 2.56 bits per heavy atom. The maximum Gasteiger partial charge on any atom is 0.409 e. The number of hydrogen-bond acceptors (Lipinski definition) is 11. The third kappa shape index (κ3) is 8.37. The Morgan fingerprint density at radius 2 is 1.84 bits per heavy atom. The van der Waals surface area contributed by atoms with Gasteiger partial charge in [0, 0.05) is 65.0 Å². The first-order valence-electron chi connectivity index (χ1n) is 16.6. The molecule has 1 saturated carbocycles. The van der Waals surface area contributed by atoms with Gasteiger partial charge in [-0.05, 0) is 70.3 Å². The minimum atomic E-state index is -0.634. The van der Waals surface area contributed by atoms with E-state index in [1.54, 1.807) is 4.90 Å². The number of ether oxygens (including phenoxy) is 3. The highest BCUT2D eigenvalue weighted by Crippen LogP contribution is 2.37. The lowest BCUT2D eigenvalue weighted by Gasteiger charge is -2.44. The van der Waals surface area contributed by atoms with E-state index in [1.807, 2.05) is 6.92 Å². The van der Waals surface area contributed by atoms with Crippen LogP contribution in [0.3, 0.4) is 0 Å². The third-order valence-corrected chi connectivity index (χ3v) is 10.5. The standard InChI is InChI=1S/C30H55N7O6/c1-4-42-29-24(7-8-27(34-29)36-11-13-37(14-12-36)30(40)41-3)28(39)32-18-26(38)25-16-20-5-6-23(15-21(20)17-31-25)43-19-22-9-10-33-35(22)2/h20-27,29,31,33-34,38H,4-19H2,1-3H3,(H,32,39)/t20?,21?,22?,23?,24?,25-,26+,27?,29?/m0/s1. The first-order chi connectivity index (χ1) is 20.9. The summed E-state index contributed by atoms with van der Waals surface area (Å²) in [5.74, 6) is 0.767. The maximum absolute atomic E-state index is 13.3. The van der Waals surface area contributed by atoms with Crippen LogP contribution in [0.15, 0.2) is 0 Å². The number of aliphatic hydroxyl groups excluding tert-OH is 1. The number of nitrogens with zero attached hydrogens (tertiary/aromatic N) is 3. The minimum Gasteiger partial charge on any atom is -0.453 e. The summed E-state index contributed by atoms with van der Waals surface area (Å²) in [6.07, 6.45) is 5.97. The average molecular weight is 610 g/mol. The Bertz CT molecular complexity index is 908. The number of methoxy groups -OCH3 is 1. The van der Waals surface area contributed by atoms with Crippen molar-refractivity contribution in [3.63, 3.8) is 0 Å². The molecule has 0 radical (unpaired) electrons. The molecular weight excluding hydrogens is 554 g/mol. The summed E-state index contributed by atoms with van der Waals surface area (Å²) >= 11 is 0. The molecule has 5 fully saturated rings. The zero-order valence-corrected chi connectivity index (χ0v) is 26.3. The highest BCUT2D eigenvalue weighted by molar-refractivity contribution is 5.79. The maximum atomic E-state index is 13.3. The van der Waals surface area contributed by atoms with Crippen LogP contribution in [0.1, 0.15) is 51.9 Å². The zero-order valence-electron chi connectivity index (χ0n) is 26.3. The van der Waals surface area contributed by atoms with E-state index in [4.69, 9.17) is 14.2 Å². The van der Waals surface area contributed by atoms with Crippen LogP contribution < -0.4 is 21.4 Å². The number of likely N-dealkylation sites (N-methyl/N-ethyl adjacent to an activating group) is 1. The number of hydrazine groups is 1. The number of rotatable bonds is 10. The van der Waals surface area contributed by atoms with Crippen molar-refractivity contribution in [1.29, 1.82) is 0 Å². The predicted octanol–water partition coefficient (Wildman–Crippen LogP) is -0.0921. The molecule has 13 heteroatoms. The van der Waals surface area contributed by atoms with E-state index in [2.05, 4.69) is 38.3 Å². The molecule has 9 atom stereocenters. The molecule has 0 aromatic heterocycles. The minimum absolute atomic E-state index is 0.0163. The number of nitrogens with one attached hydrogen (secondary N) is 4. The van der Waals surface area contributed by atoms with Gasteiger partial charge in [-0.15, -0.1) is 0 Å². The number of piperidine rings is 2. The van der Waals surface area contributed by atoms with Crippen LogP contribution in [-0.2, 0) is 19.0 Å². The van der Waals surface area contributed by atoms with Crippen molar-refractivity contribution in [2.45, 2.75) is 88.6 Å². The van der Waals surface area contributed by atoms with Crippen LogP contribution >= 0.6 is 0 Å². The summed E-state index contributed by atoms with van der Waals surface area (Å²) in [6, 6.07) is 0.444. The van der Waals surface area contributed by atoms with E-state index in [-0.39, 0.29) is 36.7 Å². The van der Waals surface area contributed by atoms with Crippen LogP contribution in [0.2, 0.25) is 0 Å². The molecule has 7 unspecified atom stereocenters. The fraction of sp³-hybridized carbons (Fsp3) is 0.933. The number of carbonyl (C=O) groups excluding carboxylic acids is 2. The number of piperazine rings is 1. The van der Waals surface area contributed by atoms with Gasteiger partial charge in [-0.25, -0.2) is 9.80 Å². The SMILES string of the molecule is CCOC1NC(N2CCN(C(=O)OC)CC2)CCC1C(=O)NC[C@@H](O)[C@@H]1CC2CCC(OCC3CCNN3C)CC2CN1. The topological polar surface area (TPSA) is 140 Å². The Labute approximate surface area is 256 Å². The normalized spacial score (nSPS) is 36.6. The summed E-state index contributed by atoms with van der Waals surface area (Å²) in [7, 11) is 3.50. The van der Waals surface area contributed by atoms with Gasteiger partial charge in [0.1, 0.15) is 6.23 Å². The molecule has 43 heavy (non-hydrogen) atoms. The van der Waals surface area contributed by atoms with Crippen molar-refractivity contribution in [2.75, 3.05) is 73.2 Å². The van der Waals surface area contributed by atoms with Crippen LogP contribution in [0.5, 0.6) is 0 Å². The van der Waals surface area contributed by atoms with Crippen molar-refractivity contribution in [1.82, 2.24) is 36.2 Å². The van der Waals surface area contributed by atoms with E-state index >= 15 is 0 Å². The second-order valence-corrected chi connectivity index (χ2v) is 13.0. The summed E-state index contributed by atoms with van der Waals surface area (Å²) in [5, 5.41) is 23.4. The van der Waals surface area contributed by atoms with Gasteiger partial charge in [0.15, 0.2) is 0 Å². The summed E-state index contributed by atoms with van der Waals surface area (Å²) in [6.45, 7) is 8.10. The third-order valence-electron chi connectivity index (χ3n) is 10.5. The van der Waals surface area contributed by atoms with E-state index in [9.17, 15) is 14.7 Å². The number of carbonyl (C=O) groups is 2. The molecule has 0 bridgehead atoms. The first-order valence-corrected chi connectivity index (χ1v) is 16.6. The summed E-state index contributed by atoms with van der Waals surface area (Å²) in [4.78, 5) is 29.2. The molecule has 5 aliphatic rings. The molecule has 0 spiro atoms. The molecule has 4 aliphatic heterocycles. The molecule has 0 aromatic rings. The molecule has 5 N–H and O–H groups in total. The van der Waals surface area contributed by atoms with E-state index in [1.165, 1.54) is 7.11 Å². The van der Waals surface area contributed by atoms with Gasteiger partial charge in [-0.1, -0.05) is 0 Å². The quantitative estimate of drug-likeness (QED) is 0.227. The molecule has 1 aliphatic carbocycles. The molecule has 0 aromatic carbocycles. The lowest BCUT2D eigenvalue weighted by atomic mass is 9.72. The van der Waals surface area contributed by atoms with Crippen LogP contribution in [0, 0.1) is 17.8 Å². The van der Waals surface area contributed by atoms with Crippen LogP contribution in [-0.4, -0.2) is 142 Å². The van der Waals surface area contributed by atoms with Gasteiger partial charge in [0.25, 0.3) is 0 Å². The fourth-order valence-electron chi connectivity index (χ4n) is 7.78. The molecule has 5 rings (SSSR count). The molecule has 2 amide bonds. The van der Waals surface area contributed by atoms with Gasteiger partial charge in [-0.3, -0.25) is 20.4 Å². The van der Waals surface area contributed by atoms with Gasteiger partial charge < -0.3 is 34.9 Å². The molecular formula is C30H55N7O6. The van der Waals surface area contributed by atoms with Crippen molar-refractivity contribution in [3.05, 3.63) is 0 Å². The lowest BCUT2D eigenvalue weighted by molar-refractivity contribution is -0.137. The Hall–Kier alpha value is -1.58. The molecule has 4 heterocycles. The summed E-state index contributed by atoms with van der Waals surface area (Å²) in [5.41, 5.74) is 3.35. The predicted molar refractivity (Wildman–Crippen MR) is 161 cm³/mol. The van der Waals surface area contributed by atoms with Crippen LogP contribution in [0.4, 0.5) is 4.79 Å². The highest BCUT2D eigenvalue weighted by atomic mass is 16.5. The van der Waals surface area contributed by atoms with Crippen molar-refractivity contribution < 1.29 is 28.9 Å². The lowest BCUT2D eigenvalue weighted by Crippen LogP contribution is -2.62. The number of hydrogen-bond donors (Lipinski definition) is 5. The van der Waals surface area contributed by atoms with E-state index in [0.717, 1.165) is 71.3 Å². The van der Waals surface area contributed by atoms with E-state index < -0.39 is 12.3 Å². The highest BCUT2D eigenvalue weighted by Gasteiger charge is 2.40. The smallest absolute Gasteiger partial charge is 0.409 e.